The second-order valence-electron chi connectivity index (χ2n) is 3.06. The van der Waals surface area contributed by atoms with Gasteiger partial charge in [-0.05, 0) is 18.2 Å². The average molecular weight is 281 g/mol. The molecular formula is C11H14F3NO2S. The summed E-state index contributed by atoms with van der Waals surface area (Å²) in [5.41, 5.74) is 3.55. The van der Waals surface area contributed by atoms with Crippen molar-refractivity contribution < 1.29 is 22.2 Å². The number of hydrogen-bond donors (Lipinski definition) is 1. The third-order valence-electron chi connectivity index (χ3n) is 1.85. The van der Waals surface area contributed by atoms with Crippen LogP contribution in [0.4, 0.5) is 13.2 Å². The first-order chi connectivity index (χ1) is 8.21. The molecule has 1 unspecified atom stereocenters. The molecule has 0 spiro atoms. The summed E-state index contributed by atoms with van der Waals surface area (Å²) in [7, 11) is -1.61. The number of hydrogen-bond acceptors (Lipinski definition) is 2. The quantitative estimate of drug-likeness (QED) is 0.905. The molecule has 0 aliphatic rings. The van der Waals surface area contributed by atoms with Crippen LogP contribution in [0.5, 0.6) is 0 Å². The van der Waals surface area contributed by atoms with Crippen LogP contribution in [-0.4, -0.2) is 16.4 Å². The number of benzene rings is 1. The van der Waals surface area contributed by atoms with Gasteiger partial charge in [0.05, 0.1) is 5.56 Å². The highest BCUT2D eigenvalue weighted by Gasteiger charge is 2.31. The first-order valence-corrected chi connectivity index (χ1v) is 6.63. The summed E-state index contributed by atoms with van der Waals surface area (Å²) in [5, 5.41) is 0. The lowest BCUT2D eigenvalue weighted by molar-refractivity contribution is -0.137. The van der Waals surface area contributed by atoms with Gasteiger partial charge < -0.3 is 5.73 Å². The van der Waals surface area contributed by atoms with Crippen molar-refractivity contribution >= 4 is 16.7 Å². The maximum Gasteiger partial charge on any atom is 0.416 e. The molecule has 1 aromatic carbocycles. The van der Waals surface area contributed by atoms with E-state index in [0.717, 1.165) is 12.1 Å². The van der Waals surface area contributed by atoms with E-state index in [9.17, 15) is 22.2 Å². The molecule has 7 heteroatoms. The summed E-state index contributed by atoms with van der Waals surface area (Å²) < 4.78 is 48.4. The Morgan fingerprint density at radius 1 is 1.22 bits per heavy atom. The predicted octanol–water partition coefficient (Wildman–Crippen LogP) is 2.57. The largest absolute Gasteiger partial charge is 0.416 e. The predicted molar refractivity (Wildman–Crippen MR) is 63.6 cm³/mol. The van der Waals surface area contributed by atoms with Crippen LogP contribution >= 0.6 is 0 Å². The zero-order valence-corrected chi connectivity index (χ0v) is 11.0. The van der Waals surface area contributed by atoms with E-state index in [0.29, 0.717) is 6.07 Å². The summed E-state index contributed by atoms with van der Waals surface area (Å²) in [6, 6.07) is 2.47. The van der Waals surface area contributed by atoms with Gasteiger partial charge in [0.2, 0.25) is 5.91 Å². The normalized spacial score (nSPS) is 12.3. The zero-order valence-electron chi connectivity index (χ0n) is 10.2. The highest BCUT2D eigenvalue weighted by molar-refractivity contribution is 7.84. The Labute approximate surface area is 106 Å². The SMILES string of the molecule is CC.CS(=O)c1cc(C(N)=O)cc(C(F)(F)F)c1. The van der Waals surface area contributed by atoms with Crippen LogP contribution < -0.4 is 5.73 Å². The van der Waals surface area contributed by atoms with Crippen molar-refractivity contribution in [2.45, 2.75) is 24.9 Å². The summed E-state index contributed by atoms with van der Waals surface area (Å²) >= 11 is 0. The fourth-order valence-electron chi connectivity index (χ4n) is 1.07. The Kier molecular flexibility index (Phi) is 6.04. The van der Waals surface area contributed by atoms with Crippen molar-refractivity contribution in [3.8, 4) is 0 Å². The fraction of sp³-hybridized carbons (Fsp3) is 0.364. The molecule has 0 heterocycles. The van der Waals surface area contributed by atoms with Crippen LogP contribution in [-0.2, 0) is 17.0 Å². The standard InChI is InChI=1S/C9H8F3NO2S.C2H6/c1-16(15)7-3-5(8(13)14)2-6(4-7)9(10,11)12;1-2/h2-4H,1H3,(H2,13,14);1-2H3. The summed E-state index contributed by atoms with van der Waals surface area (Å²) in [5.74, 6) is -0.988. The number of carbonyl (C=O) groups is 1. The lowest BCUT2D eigenvalue weighted by Crippen LogP contribution is -2.14. The van der Waals surface area contributed by atoms with E-state index in [2.05, 4.69) is 0 Å². The van der Waals surface area contributed by atoms with E-state index in [1.165, 1.54) is 6.26 Å². The Bertz CT molecular complexity index is 426. The fourth-order valence-corrected chi connectivity index (χ4v) is 1.66. The van der Waals surface area contributed by atoms with Gasteiger partial charge in [-0.3, -0.25) is 9.00 Å². The van der Waals surface area contributed by atoms with Gasteiger partial charge in [-0.25, -0.2) is 0 Å². The third kappa shape index (κ3) is 4.48. The molecule has 102 valence electrons. The Balaban J connectivity index is 0.00000137. The molecule has 1 amide bonds. The molecule has 3 nitrogen and oxygen atoms in total. The molecule has 0 fully saturated rings. The van der Waals surface area contributed by atoms with Gasteiger partial charge in [0.15, 0.2) is 0 Å². The molecule has 0 aliphatic heterocycles. The van der Waals surface area contributed by atoms with E-state index < -0.39 is 28.4 Å². The molecule has 0 saturated carbocycles. The van der Waals surface area contributed by atoms with Crippen LogP contribution in [0.2, 0.25) is 0 Å². The molecule has 1 rings (SSSR count). The highest BCUT2D eigenvalue weighted by Crippen LogP contribution is 2.31. The van der Waals surface area contributed by atoms with Crippen LogP contribution in [0.1, 0.15) is 29.8 Å². The Hall–Kier alpha value is -1.37. The molecule has 0 aliphatic carbocycles. The van der Waals surface area contributed by atoms with Crippen molar-refractivity contribution in [3.63, 3.8) is 0 Å². The third-order valence-corrected chi connectivity index (χ3v) is 2.75. The molecule has 18 heavy (non-hydrogen) atoms. The van der Waals surface area contributed by atoms with E-state index in [1.807, 2.05) is 13.8 Å². The molecule has 0 saturated heterocycles. The van der Waals surface area contributed by atoms with Gasteiger partial charge in [-0.15, -0.1) is 0 Å². The summed E-state index contributed by atoms with van der Waals surface area (Å²) in [6.45, 7) is 4.00. The molecule has 0 aromatic heterocycles. The molecule has 2 N–H and O–H groups in total. The number of alkyl halides is 3. The lowest BCUT2D eigenvalue weighted by atomic mass is 10.1. The minimum Gasteiger partial charge on any atom is -0.366 e. The van der Waals surface area contributed by atoms with Gasteiger partial charge in [0, 0.05) is 27.5 Å². The zero-order chi connectivity index (χ0) is 14.5. The number of amides is 1. The van der Waals surface area contributed by atoms with Crippen molar-refractivity contribution in [2.24, 2.45) is 5.73 Å². The molecule has 0 bridgehead atoms. The van der Waals surface area contributed by atoms with E-state index >= 15 is 0 Å². The van der Waals surface area contributed by atoms with Crippen LogP contribution in [0.25, 0.3) is 0 Å². The van der Waals surface area contributed by atoms with Gasteiger partial charge >= 0.3 is 6.18 Å². The number of halogens is 3. The number of nitrogens with two attached hydrogens (primary N) is 1. The second kappa shape index (κ2) is 6.53. The molecule has 1 atom stereocenters. The Morgan fingerprint density at radius 2 is 1.72 bits per heavy atom. The number of carbonyl (C=O) groups excluding carboxylic acids is 1. The minimum atomic E-state index is -4.60. The van der Waals surface area contributed by atoms with E-state index in [4.69, 9.17) is 5.73 Å². The molecule has 1 aromatic rings. The molecular weight excluding hydrogens is 267 g/mol. The first kappa shape index (κ1) is 16.6. The van der Waals surface area contributed by atoms with Crippen molar-refractivity contribution in [2.75, 3.05) is 6.26 Å². The lowest BCUT2D eigenvalue weighted by Gasteiger charge is -2.09. The smallest absolute Gasteiger partial charge is 0.366 e. The maximum absolute atomic E-state index is 12.4. The van der Waals surface area contributed by atoms with Gasteiger partial charge in [0.1, 0.15) is 0 Å². The minimum absolute atomic E-state index is 0.0800. The molecule has 0 radical (unpaired) electrons. The first-order valence-electron chi connectivity index (χ1n) is 5.07. The second-order valence-corrected chi connectivity index (χ2v) is 4.44. The Morgan fingerprint density at radius 3 is 2.06 bits per heavy atom. The van der Waals surface area contributed by atoms with Crippen molar-refractivity contribution in [1.82, 2.24) is 0 Å². The van der Waals surface area contributed by atoms with Crippen LogP contribution in [0, 0.1) is 0 Å². The van der Waals surface area contributed by atoms with Gasteiger partial charge in [0.25, 0.3) is 0 Å². The average Bonchev–Trinajstić information content (AvgIpc) is 2.29. The summed E-state index contributed by atoms with van der Waals surface area (Å²) in [6.07, 6.45) is -3.38. The highest BCUT2D eigenvalue weighted by atomic mass is 32.2. The van der Waals surface area contributed by atoms with Gasteiger partial charge in [-0.1, -0.05) is 13.8 Å². The van der Waals surface area contributed by atoms with Crippen LogP contribution in [0.3, 0.4) is 0 Å². The van der Waals surface area contributed by atoms with E-state index in [-0.39, 0.29) is 10.5 Å². The number of primary amides is 1. The monoisotopic (exact) mass is 281 g/mol. The summed E-state index contributed by atoms with van der Waals surface area (Å²) in [4.78, 5) is 10.7. The topological polar surface area (TPSA) is 60.2 Å². The van der Waals surface area contributed by atoms with Crippen molar-refractivity contribution in [3.05, 3.63) is 29.3 Å². The van der Waals surface area contributed by atoms with Crippen LogP contribution in [0.15, 0.2) is 23.1 Å². The van der Waals surface area contributed by atoms with E-state index in [1.54, 1.807) is 0 Å². The number of rotatable bonds is 2. The van der Waals surface area contributed by atoms with Gasteiger partial charge in [-0.2, -0.15) is 13.2 Å². The van der Waals surface area contributed by atoms with Crippen molar-refractivity contribution in [1.29, 1.82) is 0 Å². The maximum atomic E-state index is 12.4.